The van der Waals surface area contributed by atoms with E-state index in [9.17, 15) is 13.6 Å². The Bertz CT molecular complexity index is 1100. The first-order valence-corrected chi connectivity index (χ1v) is 10.6. The highest BCUT2D eigenvalue weighted by molar-refractivity contribution is 6.30. The van der Waals surface area contributed by atoms with E-state index in [4.69, 9.17) is 11.6 Å². The van der Waals surface area contributed by atoms with E-state index in [1.165, 1.54) is 24.8 Å². The number of hydrogen-bond acceptors (Lipinski definition) is 6. The number of rotatable bonds is 5. The van der Waals surface area contributed by atoms with Crippen LogP contribution in [0.2, 0.25) is 5.02 Å². The maximum absolute atomic E-state index is 14.2. The minimum absolute atomic E-state index is 0.0249. The third-order valence-corrected chi connectivity index (χ3v) is 5.76. The van der Waals surface area contributed by atoms with Crippen molar-refractivity contribution in [1.29, 1.82) is 0 Å². The summed E-state index contributed by atoms with van der Waals surface area (Å²) in [6.07, 6.45) is 7.68. The summed E-state index contributed by atoms with van der Waals surface area (Å²) < 4.78 is 28.2. The summed E-state index contributed by atoms with van der Waals surface area (Å²) in [6.45, 7) is 2.95. The molecule has 1 aromatic carbocycles. The van der Waals surface area contributed by atoms with Crippen LogP contribution in [0.25, 0.3) is 11.4 Å². The van der Waals surface area contributed by atoms with Crippen LogP contribution in [0.15, 0.2) is 43.0 Å². The standard InChI is InChI=1S/C22H21ClF2N6O/c1-13-4-2-7-31(19(13)12-30-22-28-10-14(23)11-29-22)21(32)16-9-18(25)17(24)8-15(16)20-26-5-3-6-27-20/h3,5-6,8-11,13,19H,2,4,7,12H2,1H3,(H,28,29,30). The highest BCUT2D eigenvalue weighted by Crippen LogP contribution is 2.29. The van der Waals surface area contributed by atoms with E-state index in [0.29, 0.717) is 24.1 Å². The van der Waals surface area contributed by atoms with Crippen LogP contribution >= 0.6 is 11.6 Å². The number of piperidine rings is 1. The van der Waals surface area contributed by atoms with E-state index in [1.54, 1.807) is 11.0 Å². The van der Waals surface area contributed by atoms with Crippen molar-refractivity contribution < 1.29 is 13.6 Å². The molecule has 4 rings (SSSR count). The van der Waals surface area contributed by atoms with Gasteiger partial charge in [0, 0.05) is 31.0 Å². The van der Waals surface area contributed by atoms with E-state index in [-0.39, 0.29) is 28.9 Å². The van der Waals surface area contributed by atoms with Gasteiger partial charge in [-0.05, 0) is 37.0 Å². The number of anilines is 1. The van der Waals surface area contributed by atoms with E-state index in [2.05, 4.69) is 32.2 Å². The van der Waals surface area contributed by atoms with E-state index in [1.807, 2.05) is 0 Å². The fourth-order valence-corrected chi connectivity index (χ4v) is 4.01. The maximum Gasteiger partial charge on any atom is 0.255 e. The molecule has 2 unspecified atom stereocenters. The molecule has 0 spiro atoms. The largest absolute Gasteiger partial charge is 0.352 e. The molecule has 1 fully saturated rings. The molecule has 0 saturated carbocycles. The number of nitrogens with one attached hydrogen (secondary N) is 1. The van der Waals surface area contributed by atoms with Crippen molar-refractivity contribution >= 4 is 23.5 Å². The third kappa shape index (κ3) is 4.67. The van der Waals surface area contributed by atoms with Gasteiger partial charge in [-0.1, -0.05) is 18.5 Å². The molecule has 3 aromatic rings. The summed E-state index contributed by atoms with van der Waals surface area (Å²) >= 11 is 5.83. The highest BCUT2D eigenvalue weighted by atomic mass is 35.5. The van der Waals surface area contributed by atoms with Gasteiger partial charge in [-0.15, -0.1) is 0 Å². The van der Waals surface area contributed by atoms with Crippen molar-refractivity contribution in [3.8, 4) is 11.4 Å². The lowest BCUT2D eigenvalue weighted by Gasteiger charge is -2.40. The van der Waals surface area contributed by atoms with Gasteiger partial charge in [-0.3, -0.25) is 4.79 Å². The zero-order chi connectivity index (χ0) is 22.7. The Morgan fingerprint density at radius 3 is 2.56 bits per heavy atom. The Morgan fingerprint density at radius 1 is 1.16 bits per heavy atom. The molecule has 0 bridgehead atoms. The van der Waals surface area contributed by atoms with Crippen molar-refractivity contribution in [2.45, 2.75) is 25.8 Å². The van der Waals surface area contributed by atoms with Crippen LogP contribution < -0.4 is 5.32 Å². The summed E-state index contributed by atoms with van der Waals surface area (Å²) in [4.78, 5) is 31.7. The molecule has 1 amide bonds. The minimum atomic E-state index is -1.10. The second kappa shape index (κ2) is 9.52. The molecule has 2 atom stereocenters. The summed E-state index contributed by atoms with van der Waals surface area (Å²) in [5.74, 6) is -1.83. The first-order valence-electron chi connectivity index (χ1n) is 10.2. The molecular formula is C22H21ClF2N6O. The second-order valence-corrected chi connectivity index (χ2v) is 8.11. The van der Waals surface area contributed by atoms with Crippen LogP contribution in [-0.4, -0.2) is 49.9 Å². The first kappa shape index (κ1) is 22.0. The molecule has 1 N–H and O–H groups in total. The van der Waals surface area contributed by atoms with Crippen LogP contribution in [0.3, 0.4) is 0 Å². The topological polar surface area (TPSA) is 83.9 Å². The van der Waals surface area contributed by atoms with Gasteiger partial charge in [0.05, 0.1) is 29.0 Å². The zero-order valence-corrected chi connectivity index (χ0v) is 18.1. The number of amides is 1. The SMILES string of the molecule is CC1CCCN(C(=O)c2cc(F)c(F)cc2-c2ncccn2)C1CNc1ncc(Cl)cn1. The predicted molar refractivity (Wildman–Crippen MR) is 116 cm³/mol. The van der Waals surface area contributed by atoms with Gasteiger partial charge in [-0.25, -0.2) is 28.7 Å². The molecule has 7 nitrogen and oxygen atoms in total. The highest BCUT2D eigenvalue weighted by Gasteiger charge is 2.34. The molecular weight excluding hydrogens is 438 g/mol. The van der Waals surface area contributed by atoms with Crippen LogP contribution in [0, 0.1) is 17.6 Å². The molecule has 0 radical (unpaired) electrons. The smallest absolute Gasteiger partial charge is 0.255 e. The van der Waals surface area contributed by atoms with Gasteiger partial charge in [0.2, 0.25) is 5.95 Å². The molecule has 3 heterocycles. The molecule has 0 aliphatic carbocycles. The number of aromatic nitrogens is 4. The number of likely N-dealkylation sites (tertiary alicyclic amines) is 1. The van der Waals surface area contributed by atoms with Crippen molar-refractivity contribution in [2.75, 3.05) is 18.4 Å². The number of nitrogens with zero attached hydrogens (tertiary/aromatic N) is 5. The van der Waals surface area contributed by atoms with Crippen LogP contribution in [0.1, 0.15) is 30.1 Å². The second-order valence-electron chi connectivity index (χ2n) is 7.68. The molecule has 1 saturated heterocycles. The van der Waals surface area contributed by atoms with Crippen LogP contribution in [0.5, 0.6) is 0 Å². The average Bonchev–Trinajstić information content (AvgIpc) is 2.81. The van der Waals surface area contributed by atoms with Gasteiger partial charge in [0.15, 0.2) is 17.5 Å². The third-order valence-electron chi connectivity index (χ3n) is 5.56. The number of benzene rings is 1. The quantitative estimate of drug-likeness (QED) is 0.616. The van der Waals surface area contributed by atoms with E-state index < -0.39 is 17.5 Å². The fourth-order valence-electron chi connectivity index (χ4n) is 3.91. The molecule has 32 heavy (non-hydrogen) atoms. The lowest BCUT2D eigenvalue weighted by atomic mass is 9.89. The monoisotopic (exact) mass is 458 g/mol. The summed E-state index contributed by atoms with van der Waals surface area (Å²) in [5.41, 5.74) is 0.178. The lowest BCUT2D eigenvalue weighted by molar-refractivity contribution is 0.0540. The van der Waals surface area contributed by atoms with Crippen molar-refractivity contribution in [3.05, 3.63) is 65.2 Å². The maximum atomic E-state index is 14.2. The van der Waals surface area contributed by atoms with Gasteiger partial charge < -0.3 is 10.2 Å². The summed E-state index contributed by atoms with van der Waals surface area (Å²) in [5, 5.41) is 3.57. The number of carbonyl (C=O) groups is 1. The zero-order valence-electron chi connectivity index (χ0n) is 17.3. The van der Waals surface area contributed by atoms with Crippen molar-refractivity contribution in [2.24, 2.45) is 5.92 Å². The molecule has 166 valence electrons. The Labute approximate surface area is 188 Å². The normalized spacial score (nSPS) is 18.4. The van der Waals surface area contributed by atoms with E-state index in [0.717, 1.165) is 25.0 Å². The summed E-state index contributed by atoms with van der Waals surface area (Å²) in [6, 6.07) is 3.31. The Kier molecular flexibility index (Phi) is 6.55. The Morgan fingerprint density at radius 2 is 1.84 bits per heavy atom. The number of hydrogen-bond donors (Lipinski definition) is 1. The van der Waals surface area contributed by atoms with Crippen molar-refractivity contribution in [3.63, 3.8) is 0 Å². The minimum Gasteiger partial charge on any atom is -0.352 e. The number of carbonyl (C=O) groups excluding carboxylic acids is 1. The first-order chi connectivity index (χ1) is 15.4. The van der Waals surface area contributed by atoms with Gasteiger partial charge >= 0.3 is 0 Å². The number of halogens is 3. The van der Waals surface area contributed by atoms with Gasteiger partial charge in [-0.2, -0.15) is 0 Å². The Balaban J connectivity index is 1.64. The Hall–Kier alpha value is -3.20. The lowest BCUT2D eigenvalue weighted by Crippen LogP contribution is -2.51. The predicted octanol–water partition coefficient (Wildman–Crippen LogP) is 4.22. The van der Waals surface area contributed by atoms with Crippen LogP contribution in [0.4, 0.5) is 14.7 Å². The molecule has 1 aliphatic heterocycles. The fraction of sp³-hybridized carbons (Fsp3) is 0.318. The molecule has 2 aromatic heterocycles. The molecule has 10 heteroatoms. The van der Waals surface area contributed by atoms with Gasteiger partial charge in [0.25, 0.3) is 5.91 Å². The summed E-state index contributed by atoms with van der Waals surface area (Å²) in [7, 11) is 0. The average molecular weight is 459 g/mol. The van der Waals surface area contributed by atoms with E-state index >= 15 is 0 Å². The van der Waals surface area contributed by atoms with Gasteiger partial charge in [0.1, 0.15) is 0 Å². The molecule has 1 aliphatic rings. The van der Waals surface area contributed by atoms with Crippen LogP contribution in [-0.2, 0) is 0 Å². The van der Waals surface area contributed by atoms with Crippen molar-refractivity contribution in [1.82, 2.24) is 24.8 Å².